The monoisotopic (exact) mass is 287 g/mol. The summed E-state index contributed by atoms with van der Waals surface area (Å²) in [7, 11) is 0. The van der Waals surface area contributed by atoms with Gasteiger partial charge in [-0.05, 0) is 25.2 Å². The Hall–Kier alpha value is -1.36. The highest BCUT2D eigenvalue weighted by atomic mass is 19.4. The topological polar surface area (TPSA) is 20.3 Å². The summed E-state index contributed by atoms with van der Waals surface area (Å²) in [5, 5.41) is 0. The summed E-state index contributed by atoms with van der Waals surface area (Å²) in [6.45, 7) is 8.14. The molecule has 1 aromatic rings. The molecule has 0 saturated heterocycles. The van der Waals surface area contributed by atoms with Crippen LogP contribution in [0.4, 0.5) is 13.2 Å². The van der Waals surface area contributed by atoms with Gasteiger partial charge in [-0.15, -0.1) is 0 Å². The summed E-state index contributed by atoms with van der Waals surface area (Å²) in [5.41, 5.74) is -0.400. The minimum atomic E-state index is -4.37. The van der Waals surface area contributed by atoms with E-state index < -0.39 is 11.7 Å². The minimum absolute atomic E-state index is 0.120. The molecule has 0 aromatic heterocycles. The number of ketones is 1. The fourth-order valence-electron chi connectivity index (χ4n) is 2.06. The molecule has 0 bridgehead atoms. The number of hydrogen-bond donors (Lipinski definition) is 0. The van der Waals surface area contributed by atoms with Crippen molar-refractivity contribution in [1.29, 1.82) is 0 Å². The summed E-state index contributed by atoms with van der Waals surface area (Å²) < 4.78 is 37.4. The Bertz CT molecular complexity index is 435. The molecule has 5 heteroatoms. The maximum absolute atomic E-state index is 12.5. The van der Waals surface area contributed by atoms with Crippen molar-refractivity contribution in [2.45, 2.75) is 26.9 Å². The van der Waals surface area contributed by atoms with Crippen LogP contribution in [0.25, 0.3) is 0 Å². The van der Waals surface area contributed by atoms with E-state index in [-0.39, 0.29) is 11.7 Å². The van der Waals surface area contributed by atoms with Gasteiger partial charge in [0.25, 0.3) is 0 Å². The van der Waals surface area contributed by atoms with Gasteiger partial charge in [-0.2, -0.15) is 13.2 Å². The van der Waals surface area contributed by atoms with Crippen molar-refractivity contribution in [3.8, 4) is 0 Å². The molecule has 112 valence electrons. The summed E-state index contributed by atoms with van der Waals surface area (Å²) in [6.07, 6.45) is -4.37. The van der Waals surface area contributed by atoms with Gasteiger partial charge < -0.3 is 4.90 Å². The van der Waals surface area contributed by atoms with Crippen molar-refractivity contribution in [2.75, 3.05) is 19.6 Å². The predicted molar refractivity (Wildman–Crippen MR) is 72.7 cm³/mol. The Balaban J connectivity index is 2.77. The number of hydrogen-bond acceptors (Lipinski definition) is 2. The maximum atomic E-state index is 12.5. The summed E-state index contributed by atoms with van der Waals surface area (Å²) >= 11 is 0. The van der Waals surface area contributed by atoms with Gasteiger partial charge >= 0.3 is 6.18 Å². The number of carbonyl (C=O) groups excluding carboxylic acids is 1. The van der Waals surface area contributed by atoms with E-state index in [0.29, 0.717) is 12.1 Å². The maximum Gasteiger partial charge on any atom is 0.416 e. The Morgan fingerprint density at radius 1 is 1.15 bits per heavy atom. The van der Waals surface area contributed by atoms with E-state index in [0.717, 1.165) is 25.2 Å². The van der Waals surface area contributed by atoms with Gasteiger partial charge in [0.2, 0.25) is 0 Å². The second-order valence-corrected chi connectivity index (χ2v) is 4.83. The lowest BCUT2D eigenvalue weighted by atomic mass is 9.98. The first kappa shape index (κ1) is 16.7. The van der Waals surface area contributed by atoms with Crippen LogP contribution in [0.2, 0.25) is 0 Å². The lowest BCUT2D eigenvalue weighted by Crippen LogP contribution is -2.31. The molecule has 1 unspecified atom stereocenters. The number of halogens is 3. The molecule has 0 aliphatic carbocycles. The first-order valence-electron chi connectivity index (χ1n) is 6.73. The summed E-state index contributed by atoms with van der Waals surface area (Å²) in [6, 6.07) is 4.42. The first-order chi connectivity index (χ1) is 9.29. The zero-order chi connectivity index (χ0) is 15.3. The molecule has 0 spiro atoms. The lowest BCUT2D eigenvalue weighted by molar-refractivity contribution is -0.137. The molecule has 0 heterocycles. The molecule has 1 rings (SSSR count). The van der Waals surface area contributed by atoms with Crippen molar-refractivity contribution in [1.82, 2.24) is 4.90 Å². The van der Waals surface area contributed by atoms with Crippen molar-refractivity contribution < 1.29 is 18.0 Å². The fraction of sp³-hybridized carbons (Fsp3) is 0.533. The molecule has 0 fully saturated rings. The minimum Gasteiger partial charge on any atom is -0.303 e. The van der Waals surface area contributed by atoms with Gasteiger partial charge in [-0.1, -0.05) is 32.9 Å². The van der Waals surface area contributed by atoms with Crippen molar-refractivity contribution in [2.24, 2.45) is 5.92 Å². The average Bonchev–Trinajstić information content (AvgIpc) is 2.42. The van der Waals surface area contributed by atoms with Crippen LogP contribution in [0.15, 0.2) is 24.3 Å². The standard InChI is InChI=1S/C15H20F3NO/c1-4-19(5-2)10-11(3)14(20)12-6-8-13(9-7-12)15(16,17)18/h6-9,11H,4-5,10H2,1-3H3. The number of carbonyl (C=O) groups is 1. The summed E-state index contributed by atoms with van der Waals surface area (Å²) in [4.78, 5) is 14.3. The molecule has 1 atom stereocenters. The van der Waals surface area contributed by atoms with Crippen LogP contribution in [0, 0.1) is 5.92 Å². The van der Waals surface area contributed by atoms with E-state index in [1.54, 1.807) is 6.92 Å². The smallest absolute Gasteiger partial charge is 0.303 e. The van der Waals surface area contributed by atoms with Crippen LogP contribution >= 0.6 is 0 Å². The number of alkyl halides is 3. The average molecular weight is 287 g/mol. The van der Waals surface area contributed by atoms with Gasteiger partial charge in [0.15, 0.2) is 5.78 Å². The zero-order valence-corrected chi connectivity index (χ0v) is 12.0. The second kappa shape index (κ2) is 6.88. The first-order valence-corrected chi connectivity index (χ1v) is 6.73. The van der Waals surface area contributed by atoms with Gasteiger partial charge in [0, 0.05) is 18.0 Å². The van der Waals surface area contributed by atoms with E-state index in [1.807, 2.05) is 13.8 Å². The SMILES string of the molecule is CCN(CC)CC(C)C(=O)c1ccc(C(F)(F)F)cc1. The third-order valence-electron chi connectivity index (χ3n) is 3.37. The Labute approximate surface area is 117 Å². The molecule has 0 radical (unpaired) electrons. The highest BCUT2D eigenvalue weighted by Gasteiger charge is 2.30. The molecule has 0 aliphatic heterocycles. The third kappa shape index (κ3) is 4.34. The van der Waals surface area contributed by atoms with Crippen LogP contribution < -0.4 is 0 Å². The molecule has 0 saturated carbocycles. The number of rotatable bonds is 6. The molecule has 0 N–H and O–H groups in total. The van der Waals surface area contributed by atoms with Crippen LogP contribution in [-0.2, 0) is 6.18 Å². The Morgan fingerprint density at radius 3 is 2.05 bits per heavy atom. The second-order valence-electron chi connectivity index (χ2n) is 4.83. The summed E-state index contributed by atoms with van der Waals surface area (Å²) in [5.74, 6) is -0.350. The van der Waals surface area contributed by atoms with Crippen molar-refractivity contribution in [3.63, 3.8) is 0 Å². The normalized spacial score (nSPS) is 13.6. The molecule has 1 aromatic carbocycles. The molecule has 0 amide bonds. The van der Waals surface area contributed by atoms with Gasteiger partial charge in [0.05, 0.1) is 5.56 Å². The molecular formula is C15H20F3NO. The Morgan fingerprint density at radius 2 is 1.65 bits per heavy atom. The highest BCUT2D eigenvalue weighted by molar-refractivity contribution is 5.97. The molecule has 20 heavy (non-hydrogen) atoms. The number of benzene rings is 1. The van der Waals surface area contributed by atoms with Crippen molar-refractivity contribution >= 4 is 5.78 Å². The molecular weight excluding hydrogens is 267 g/mol. The lowest BCUT2D eigenvalue weighted by Gasteiger charge is -2.22. The van der Waals surface area contributed by atoms with Crippen LogP contribution in [0.3, 0.4) is 0 Å². The quantitative estimate of drug-likeness (QED) is 0.740. The molecule has 0 aliphatic rings. The van der Waals surface area contributed by atoms with Crippen molar-refractivity contribution in [3.05, 3.63) is 35.4 Å². The van der Waals surface area contributed by atoms with Crippen LogP contribution in [0.5, 0.6) is 0 Å². The third-order valence-corrected chi connectivity index (χ3v) is 3.37. The van der Waals surface area contributed by atoms with Gasteiger partial charge in [0.1, 0.15) is 0 Å². The van der Waals surface area contributed by atoms with E-state index in [4.69, 9.17) is 0 Å². The van der Waals surface area contributed by atoms with Gasteiger partial charge in [-0.3, -0.25) is 4.79 Å². The van der Waals surface area contributed by atoms with E-state index in [9.17, 15) is 18.0 Å². The van der Waals surface area contributed by atoms with Gasteiger partial charge in [-0.25, -0.2) is 0 Å². The van der Waals surface area contributed by atoms with Crippen LogP contribution in [0.1, 0.15) is 36.7 Å². The zero-order valence-electron chi connectivity index (χ0n) is 12.0. The number of Topliss-reactive ketones (excluding diaryl/α,β-unsaturated/α-hetero) is 1. The van der Waals surface area contributed by atoms with E-state index in [2.05, 4.69) is 4.90 Å². The van der Waals surface area contributed by atoms with E-state index in [1.165, 1.54) is 12.1 Å². The Kier molecular flexibility index (Phi) is 5.74. The van der Waals surface area contributed by atoms with Crippen LogP contribution in [-0.4, -0.2) is 30.3 Å². The largest absolute Gasteiger partial charge is 0.416 e. The fourth-order valence-corrected chi connectivity index (χ4v) is 2.06. The molecule has 2 nitrogen and oxygen atoms in total. The number of nitrogens with zero attached hydrogens (tertiary/aromatic N) is 1. The van der Waals surface area contributed by atoms with E-state index >= 15 is 0 Å². The predicted octanol–water partition coefficient (Wildman–Crippen LogP) is 3.87. The highest BCUT2D eigenvalue weighted by Crippen LogP contribution is 2.29.